The minimum atomic E-state index is -0.111. The van der Waals surface area contributed by atoms with Gasteiger partial charge < -0.3 is 16.8 Å². The molecule has 0 saturated heterocycles. The van der Waals surface area contributed by atoms with Crippen molar-refractivity contribution < 1.29 is 4.79 Å². The lowest BCUT2D eigenvalue weighted by Gasteiger charge is -2.40. The number of hydrogen-bond acceptors (Lipinski definition) is 4. The Morgan fingerprint density at radius 2 is 2.00 bits per heavy atom. The second-order valence-electron chi connectivity index (χ2n) is 6.71. The van der Waals surface area contributed by atoms with Crippen LogP contribution in [-0.4, -0.2) is 23.5 Å². The first-order chi connectivity index (χ1) is 12.0. The summed E-state index contributed by atoms with van der Waals surface area (Å²) in [4.78, 5) is 16.3. The molecule has 1 aromatic heterocycles. The topological polar surface area (TPSA) is 94.0 Å². The molecule has 1 aliphatic carbocycles. The normalized spacial score (nSPS) is 22.3. The number of anilines is 1. The first-order valence-corrected chi connectivity index (χ1v) is 8.89. The summed E-state index contributed by atoms with van der Waals surface area (Å²) < 4.78 is 0. The van der Waals surface area contributed by atoms with Gasteiger partial charge >= 0.3 is 0 Å². The number of amides is 1. The van der Waals surface area contributed by atoms with E-state index in [1.165, 1.54) is 11.8 Å². The van der Waals surface area contributed by atoms with Crippen molar-refractivity contribution in [3.05, 3.63) is 58.7 Å². The minimum absolute atomic E-state index is 0. The maximum Gasteiger partial charge on any atom is 0.253 e. The van der Waals surface area contributed by atoms with E-state index in [9.17, 15) is 4.79 Å². The SMILES string of the molecule is Cl.NC[C@]1(c2cccc(Cl)c2)CC[C@H](NC(=O)c2ccc(N)nc2)CC1. The molecule has 26 heavy (non-hydrogen) atoms. The van der Waals surface area contributed by atoms with Crippen molar-refractivity contribution in [3.63, 3.8) is 0 Å². The van der Waals surface area contributed by atoms with Crippen molar-refractivity contribution in [1.29, 1.82) is 0 Å². The number of halogens is 2. The van der Waals surface area contributed by atoms with E-state index in [-0.39, 0.29) is 29.8 Å². The molecule has 0 atom stereocenters. The molecule has 5 N–H and O–H groups in total. The van der Waals surface area contributed by atoms with Gasteiger partial charge in [-0.15, -0.1) is 12.4 Å². The summed E-state index contributed by atoms with van der Waals surface area (Å²) in [6, 6.07) is 11.4. The zero-order valence-corrected chi connectivity index (χ0v) is 16.0. The molecule has 5 nitrogen and oxygen atoms in total. The van der Waals surface area contributed by atoms with Crippen molar-refractivity contribution in [3.8, 4) is 0 Å². The third kappa shape index (κ3) is 4.47. The number of carbonyl (C=O) groups excluding carboxylic acids is 1. The largest absolute Gasteiger partial charge is 0.384 e. The van der Waals surface area contributed by atoms with Crippen LogP contribution in [0.5, 0.6) is 0 Å². The van der Waals surface area contributed by atoms with E-state index in [4.69, 9.17) is 23.1 Å². The monoisotopic (exact) mass is 394 g/mol. The molecule has 1 heterocycles. The fraction of sp³-hybridized carbons (Fsp3) is 0.368. The maximum absolute atomic E-state index is 12.3. The quantitative estimate of drug-likeness (QED) is 0.740. The molecule has 1 aromatic carbocycles. The third-order valence-corrected chi connectivity index (χ3v) is 5.39. The number of nitrogens with one attached hydrogen (secondary N) is 1. The third-order valence-electron chi connectivity index (χ3n) is 5.15. The first-order valence-electron chi connectivity index (χ1n) is 8.51. The van der Waals surface area contributed by atoms with Crippen molar-refractivity contribution in [2.75, 3.05) is 12.3 Å². The molecule has 1 fully saturated rings. The molecular weight excluding hydrogens is 371 g/mol. The summed E-state index contributed by atoms with van der Waals surface area (Å²) in [5.74, 6) is 0.295. The van der Waals surface area contributed by atoms with Gasteiger partial charge in [0, 0.05) is 29.2 Å². The van der Waals surface area contributed by atoms with E-state index in [1.807, 2.05) is 18.2 Å². The standard InChI is InChI=1S/C19H23ClN4O.ClH/c20-15-3-1-2-14(10-15)19(12-21)8-6-16(7-9-19)24-18(25)13-4-5-17(22)23-11-13;/h1-5,10-11,16H,6-9,12,21H2,(H2,22,23)(H,24,25);1H/t16-,19-;. The molecule has 2 aromatic rings. The molecule has 3 rings (SSSR count). The zero-order valence-electron chi connectivity index (χ0n) is 14.5. The van der Waals surface area contributed by atoms with Crippen LogP contribution in [0.25, 0.3) is 0 Å². The van der Waals surface area contributed by atoms with Crippen molar-refractivity contribution >= 4 is 35.7 Å². The number of nitrogens with zero attached hydrogens (tertiary/aromatic N) is 1. The van der Waals surface area contributed by atoms with Crippen LogP contribution in [0.2, 0.25) is 5.02 Å². The highest BCUT2D eigenvalue weighted by Crippen LogP contribution is 2.39. The van der Waals surface area contributed by atoms with Gasteiger partial charge in [-0.05, 0) is 55.5 Å². The highest BCUT2D eigenvalue weighted by Gasteiger charge is 2.36. The Hall–Kier alpha value is -1.82. The summed E-state index contributed by atoms with van der Waals surface area (Å²) in [5.41, 5.74) is 13.3. The fourth-order valence-corrected chi connectivity index (χ4v) is 3.74. The van der Waals surface area contributed by atoms with Gasteiger partial charge in [-0.1, -0.05) is 23.7 Å². The Labute approximate surface area is 164 Å². The van der Waals surface area contributed by atoms with E-state index in [0.29, 0.717) is 17.9 Å². The number of nitrogen functional groups attached to an aromatic ring is 1. The van der Waals surface area contributed by atoms with Crippen molar-refractivity contribution in [2.45, 2.75) is 37.1 Å². The molecule has 0 bridgehead atoms. The molecule has 0 radical (unpaired) electrons. The summed E-state index contributed by atoms with van der Waals surface area (Å²) >= 11 is 6.15. The van der Waals surface area contributed by atoms with Gasteiger partial charge in [-0.2, -0.15) is 0 Å². The van der Waals surface area contributed by atoms with Gasteiger partial charge in [0.1, 0.15) is 5.82 Å². The number of benzene rings is 1. The van der Waals surface area contributed by atoms with Crippen LogP contribution in [0.3, 0.4) is 0 Å². The smallest absolute Gasteiger partial charge is 0.253 e. The van der Waals surface area contributed by atoms with E-state index in [1.54, 1.807) is 12.1 Å². The number of carbonyl (C=O) groups is 1. The fourth-order valence-electron chi connectivity index (χ4n) is 3.55. The summed E-state index contributed by atoms with van der Waals surface area (Å²) in [6.07, 6.45) is 5.13. The van der Waals surface area contributed by atoms with Gasteiger partial charge in [0.05, 0.1) is 5.56 Å². The van der Waals surface area contributed by atoms with Crippen LogP contribution >= 0.6 is 24.0 Å². The second-order valence-corrected chi connectivity index (χ2v) is 7.15. The van der Waals surface area contributed by atoms with Crippen LogP contribution in [-0.2, 0) is 5.41 Å². The van der Waals surface area contributed by atoms with Gasteiger partial charge in [-0.25, -0.2) is 4.98 Å². The molecule has 1 amide bonds. The average Bonchev–Trinajstić information content (AvgIpc) is 2.63. The highest BCUT2D eigenvalue weighted by atomic mass is 35.5. The number of nitrogens with two attached hydrogens (primary N) is 2. The number of hydrogen-bond donors (Lipinski definition) is 3. The number of rotatable bonds is 4. The average molecular weight is 395 g/mol. The summed E-state index contributed by atoms with van der Waals surface area (Å²) in [5, 5.41) is 3.83. The highest BCUT2D eigenvalue weighted by molar-refractivity contribution is 6.30. The zero-order chi connectivity index (χ0) is 17.9. The van der Waals surface area contributed by atoms with Gasteiger partial charge in [0.25, 0.3) is 5.91 Å². The lowest BCUT2D eigenvalue weighted by Crippen LogP contribution is -2.45. The van der Waals surface area contributed by atoms with Crippen molar-refractivity contribution in [2.24, 2.45) is 5.73 Å². The molecule has 1 saturated carbocycles. The molecule has 0 unspecified atom stereocenters. The molecule has 0 spiro atoms. The summed E-state index contributed by atoms with van der Waals surface area (Å²) in [6.45, 7) is 0.579. The Bertz CT molecular complexity index is 743. The predicted molar refractivity (Wildman–Crippen MR) is 108 cm³/mol. The van der Waals surface area contributed by atoms with Gasteiger partial charge in [0.2, 0.25) is 0 Å². The lowest BCUT2D eigenvalue weighted by molar-refractivity contribution is 0.0917. The molecular formula is C19H24Cl2N4O. The molecule has 140 valence electrons. The Morgan fingerprint density at radius 1 is 1.27 bits per heavy atom. The Morgan fingerprint density at radius 3 is 2.58 bits per heavy atom. The number of aromatic nitrogens is 1. The van der Waals surface area contributed by atoms with Gasteiger partial charge in [0.15, 0.2) is 0 Å². The van der Waals surface area contributed by atoms with Crippen LogP contribution in [0, 0.1) is 0 Å². The van der Waals surface area contributed by atoms with E-state index in [2.05, 4.69) is 16.4 Å². The Kier molecular flexibility index (Phi) is 6.87. The molecule has 7 heteroatoms. The van der Waals surface area contributed by atoms with E-state index in [0.717, 1.165) is 30.7 Å². The van der Waals surface area contributed by atoms with E-state index < -0.39 is 0 Å². The van der Waals surface area contributed by atoms with Crippen LogP contribution in [0.4, 0.5) is 5.82 Å². The lowest BCUT2D eigenvalue weighted by atomic mass is 9.68. The van der Waals surface area contributed by atoms with Crippen molar-refractivity contribution in [1.82, 2.24) is 10.3 Å². The van der Waals surface area contributed by atoms with Crippen LogP contribution < -0.4 is 16.8 Å². The first kappa shape index (κ1) is 20.5. The molecule has 0 aliphatic heterocycles. The minimum Gasteiger partial charge on any atom is -0.384 e. The predicted octanol–water partition coefficient (Wildman–Crippen LogP) is 3.31. The Balaban J connectivity index is 0.00000243. The van der Waals surface area contributed by atoms with Crippen LogP contribution in [0.1, 0.15) is 41.6 Å². The number of pyridine rings is 1. The van der Waals surface area contributed by atoms with E-state index >= 15 is 0 Å². The van der Waals surface area contributed by atoms with Crippen LogP contribution in [0.15, 0.2) is 42.6 Å². The molecule has 1 aliphatic rings. The maximum atomic E-state index is 12.3. The second kappa shape index (κ2) is 8.71. The van der Waals surface area contributed by atoms with Gasteiger partial charge in [-0.3, -0.25) is 4.79 Å². The summed E-state index contributed by atoms with van der Waals surface area (Å²) in [7, 11) is 0.